The Morgan fingerprint density at radius 1 is 1.38 bits per heavy atom. The van der Waals surface area contributed by atoms with Gasteiger partial charge in [0.1, 0.15) is 0 Å². The molecule has 0 aliphatic carbocycles. The van der Waals surface area contributed by atoms with Crippen molar-refractivity contribution < 1.29 is 4.74 Å². The van der Waals surface area contributed by atoms with Gasteiger partial charge in [-0.1, -0.05) is 0 Å². The predicted octanol–water partition coefficient (Wildman–Crippen LogP) is 1.73. The van der Waals surface area contributed by atoms with Gasteiger partial charge in [0.25, 0.3) is 0 Å². The highest BCUT2D eigenvalue weighted by Crippen LogP contribution is 2.22. The Labute approximate surface area is 95.0 Å². The van der Waals surface area contributed by atoms with Crippen LogP contribution in [-0.4, -0.2) is 19.3 Å². The first-order valence-corrected chi connectivity index (χ1v) is 5.43. The highest BCUT2D eigenvalue weighted by Gasteiger charge is 2.14. The van der Waals surface area contributed by atoms with Gasteiger partial charge in [-0.3, -0.25) is 0 Å². The van der Waals surface area contributed by atoms with E-state index in [1.54, 1.807) is 18.2 Å². The van der Waals surface area contributed by atoms with Gasteiger partial charge in [0.05, 0.1) is 23.0 Å². The van der Waals surface area contributed by atoms with Crippen molar-refractivity contribution in [3.8, 4) is 6.07 Å². The van der Waals surface area contributed by atoms with E-state index in [2.05, 4.69) is 11.4 Å². The summed E-state index contributed by atoms with van der Waals surface area (Å²) in [6.45, 7) is 1.57. The number of nitrogens with one attached hydrogen (secondary N) is 1. The summed E-state index contributed by atoms with van der Waals surface area (Å²) in [5.74, 6) is 0. The molecule has 4 heteroatoms. The standard InChI is InChI=1S/C12H15N3O/c13-8-9-1-2-11(14)12(7-9)15-10-3-5-16-6-4-10/h1-2,7,10,15H,3-6,14H2. The summed E-state index contributed by atoms with van der Waals surface area (Å²) in [6, 6.07) is 7.79. The van der Waals surface area contributed by atoms with Crippen LogP contribution in [-0.2, 0) is 4.74 Å². The molecule has 0 aromatic heterocycles. The van der Waals surface area contributed by atoms with Crippen LogP contribution >= 0.6 is 0 Å². The first kappa shape index (κ1) is 10.8. The molecule has 1 fully saturated rings. The molecule has 0 atom stereocenters. The van der Waals surface area contributed by atoms with Crippen LogP contribution in [0.4, 0.5) is 11.4 Å². The molecular formula is C12H15N3O. The number of nitriles is 1. The van der Waals surface area contributed by atoms with E-state index in [-0.39, 0.29) is 0 Å². The van der Waals surface area contributed by atoms with E-state index in [1.165, 1.54) is 0 Å². The van der Waals surface area contributed by atoms with Gasteiger partial charge in [-0.15, -0.1) is 0 Å². The average molecular weight is 217 g/mol. The van der Waals surface area contributed by atoms with E-state index in [0.29, 0.717) is 17.3 Å². The van der Waals surface area contributed by atoms with E-state index in [1.807, 2.05) is 0 Å². The number of nitrogens with two attached hydrogens (primary N) is 1. The fraction of sp³-hybridized carbons (Fsp3) is 0.417. The molecule has 1 heterocycles. The van der Waals surface area contributed by atoms with Gasteiger partial charge >= 0.3 is 0 Å². The van der Waals surface area contributed by atoms with Crippen molar-refractivity contribution in [2.24, 2.45) is 0 Å². The molecule has 0 unspecified atom stereocenters. The van der Waals surface area contributed by atoms with Crippen molar-refractivity contribution >= 4 is 11.4 Å². The van der Waals surface area contributed by atoms with Crippen molar-refractivity contribution in [2.45, 2.75) is 18.9 Å². The third-order valence-corrected chi connectivity index (χ3v) is 2.76. The first-order chi connectivity index (χ1) is 7.79. The molecule has 0 radical (unpaired) electrons. The molecule has 2 rings (SSSR count). The lowest BCUT2D eigenvalue weighted by atomic mass is 10.1. The Hall–Kier alpha value is -1.73. The van der Waals surface area contributed by atoms with Gasteiger partial charge in [0, 0.05) is 19.3 Å². The fourth-order valence-electron chi connectivity index (χ4n) is 1.81. The summed E-state index contributed by atoms with van der Waals surface area (Å²) in [5.41, 5.74) is 8.03. The van der Waals surface area contributed by atoms with E-state index < -0.39 is 0 Å². The molecule has 0 saturated carbocycles. The molecule has 16 heavy (non-hydrogen) atoms. The zero-order valence-electron chi connectivity index (χ0n) is 9.07. The smallest absolute Gasteiger partial charge is 0.0992 e. The monoisotopic (exact) mass is 217 g/mol. The Morgan fingerprint density at radius 3 is 2.81 bits per heavy atom. The molecule has 3 N–H and O–H groups in total. The number of hydrogen-bond donors (Lipinski definition) is 2. The maximum atomic E-state index is 8.82. The SMILES string of the molecule is N#Cc1ccc(N)c(NC2CCOCC2)c1. The molecular weight excluding hydrogens is 202 g/mol. The number of nitrogen functional groups attached to an aromatic ring is 1. The van der Waals surface area contributed by atoms with E-state index >= 15 is 0 Å². The van der Waals surface area contributed by atoms with Crippen molar-refractivity contribution in [1.82, 2.24) is 0 Å². The molecule has 84 valence electrons. The number of anilines is 2. The molecule has 1 aliphatic heterocycles. The third kappa shape index (κ3) is 2.44. The van der Waals surface area contributed by atoms with Gasteiger partial charge < -0.3 is 15.8 Å². The van der Waals surface area contributed by atoms with Crippen LogP contribution in [0.15, 0.2) is 18.2 Å². The number of ether oxygens (including phenoxy) is 1. The van der Waals surface area contributed by atoms with Gasteiger partial charge in [0.2, 0.25) is 0 Å². The summed E-state index contributed by atoms with van der Waals surface area (Å²) in [6.07, 6.45) is 1.96. The number of benzene rings is 1. The van der Waals surface area contributed by atoms with Crippen molar-refractivity contribution in [2.75, 3.05) is 24.3 Å². The van der Waals surface area contributed by atoms with E-state index in [4.69, 9.17) is 15.7 Å². The second kappa shape index (κ2) is 4.86. The number of hydrogen-bond acceptors (Lipinski definition) is 4. The first-order valence-electron chi connectivity index (χ1n) is 5.43. The molecule has 1 aromatic carbocycles. The van der Waals surface area contributed by atoms with Crippen molar-refractivity contribution in [3.63, 3.8) is 0 Å². The predicted molar refractivity (Wildman–Crippen MR) is 63.0 cm³/mol. The summed E-state index contributed by atoms with van der Waals surface area (Å²) in [4.78, 5) is 0. The molecule has 0 spiro atoms. The lowest BCUT2D eigenvalue weighted by Crippen LogP contribution is -2.28. The number of nitrogens with zero attached hydrogens (tertiary/aromatic N) is 1. The maximum absolute atomic E-state index is 8.82. The fourth-order valence-corrected chi connectivity index (χ4v) is 1.81. The average Bonchev–Trinajstić information content (AvgIpc) is 2.33. The van der Waals surface area contributed by atoms with Gasteiger partial charge in [-0.05, 0) is 31.0 Å². The molecule has 1 aliphatic rings. The van der Waals surface area contributed by atoms with Crippen LogP contribution in [0.3, 0.4) is 0 Å². The van der Waals surface area contributed by atoms with Gasteiger partial charge in [-0.25, -0.2) is 0 Å². The molecule has 1 saturated heterocycles. The van der Waals surface area contributed by atoms with Crippen LogP contribution in [0.2, 0.25) is 0 Å². The zero-order chi connectivity index (χ0) is 11.4. The lowest BCUT2D eigenvalue weighted by molar-refractivity contribution is 0.0904. The van der Waals surface area contributed by atoms with Crippen LogP contribution in [0.25, 0.3) is 0 Å². The minimum Gasteiger partial charge on any atom is -0.397 e. The third-order valence-electron chi connectivity index (χ3n) is 2.76. The highest BCUT2D eigenvalue weighted by atomic mass is 16.5. The summed E-state index contributed by atoms with van der Waals surface area (Å²) in [5, 5.41) is 12.2. The summed E-state index contributed by atoms with van der Waals surface area (Å²) < 4.78 is 5.29. The normalized spacial score (nSPS) is 16.7. The zero-order valence-corrected chi connectivity index (χ0v) is 9.07. The number of rotatable bonds is 2. The minimum atomic E-state index is 0.394. The summed E-state index contributed by atoms with van der Waals surface area (Å²) in [7, 11) is 0. The Bertz CT molecular complexity index is 405. The second-order valence-corrected chi connectivity index (χ2v) is 3.94. The van der Waals surface area contributed by atoms with Crippen molar-refractivity contribution in [3.05, 3.63) is 23.8 Å². The minimum absolute atomic E-state index is 0.394. The Kier molecular flexibility index (Phi) is 3.28. The largest absolute Gasteiger partial charge is 0.397 e. The van der Waals surface area contributed by atoms with E-state index in [9.17, 15) is 0 Å². The van der Waals surface area contributed by atoms with E-state index in [0.717, 1.165) is 31.7 Å². The molecule has 0 bridgehead atoms. The van der Waals surface area contributed by atoms with Crippen molar-refractivity contribution in [1.29, 1.82) is 5.26 Å². The molecule has 1 aromatic rings. The summed E-state index contributed by atoms with van der Waals surface area (Å²) >= 11 is 0. The lowest BCUT2D eigenvalue weighted by Gasteiger charge is -2.24. The molecule has 4 nitrogen and oxygen atoms in total. The van der Waals surface area contributed by atoms with Crippen LogP contribution in [0, 0.1) is 11.3 Å². The maximum Gasteiger partial charge on any atom is 0.0992 e. The molecule has 0 amide bonds. The van der Waals surface area contributed by atoms with Crippen LogP contribution in [0.5, 0.6) is 0 Å². The van der Waals surface area contributed by atoms with Gasteiger partial charge in [0.15, 0.2) is 0 Å². The highest BCUT2D eigenvalue weighted by molar-refractivity contribution is 5.68. The second-order valence-electron chi connectivity index (χ2n) is 3.94. The Morgan fingerprint density at radius 2 is 2.12 bits per heavy atom. The quantitative estimate of drug-likeness (QED) is 0.740. The van der Waals surface area contributed by atoms with Crippen LogP contribution < -0.4 is 11.1 Å². The van der Waals surface area contributed by atoms with Crippen LogP contribution in [0.1, 0.15) is 18.4 Å². The van der Waals surface area contributed by atoms with Gasteiger partial charge in [-0.2, -0.15) is 5.26 Å². The Balaban J connectivity index is 2.10. The topological polar surface area (TPSA) is 71.1 Å².